The van der Waals surface area contributed by atoms with Crippen molar-refractivity contribution in [1.82, 2.24) is 14.7 Å². The van der Waals surface area contributed by atoms with Crippen LogP contribution in [0.2, 0.25) is 0 Å². The highest BCUT2D eigenvalue weighted by Crippen LogP contribution is 2.32. The van der Waals surface area contributed by atoms with Crippen molar-refractivity contribution in [3.05, 3.63) is 52.6 Å². The fourth-order valence-corrected chi connectivity index (χ4v) is 4.60. The van der Waals surface area contributed by atoms with Gasteiger partial charge in [0.2, 0.25) is 5.91 Å². The van der Waals surface area contributed by atoms with Gasteiger partial charge in [-0.1, -0.05) is 12.1 Å². The number of nitrogens with zero attached hydrogens (tertiary/aromatic N) is 3. The number of carbonyl (C=O) groups excluding carboxylic acids is 1. The van der Waals surface area contributed by atoms with E-state index in [1.807, 2.05) is 16.5 Å². The minimum absolute atomic E-state index is 0.0817. The molecule has 1 saturated carbocycles. The number of carbonyl (C=O) groups is 2. The van der Waals surface area contributed by atoms with Crippen LogP contribution in [0.15, 0.2) is 24.3 Å². The van der Waals surface area contributed by atoms with Crippen LogP contribution in [0.1, 0.15) is 48.2 Å². The van der Waals surface area contributed by atoms with Crippen molar-refractivity contribution in [3.63, 3.8) is 0 Å². The maximum atomic E-state index is 13.2. The first-order valence-corrected chi connectivity index (χ1v) is 10.2. The fraction of sp³-hybridized carbons (Fsp3) is 0.500. The molecule has 1 fully saturated rings. The molecule has 1 amide bonds. The average molecular weight is 399 g/mol. The number of aryl methyl sites for hydroxylation is 1. The predicted octanol–water partition coefficient (Wildman–Crippen LogP) is 3.15. The molecule has 1 aromatic carbocycles. The van der Waals surface area contributed by atoms with Crippen molar-refractivity contribution >= 4 is 11.9 Å². The Hall–Kier alpha value is -2.70. The Bertz CT molecular complexity index is 914. The van der Waals surface area contributed by atoms with Gasteiger partial charge in [0.25, 0.3) is 0 Å². The van der Waals surface area contributed by atoms with Crippen LogP contribution in [-0.4, -0.2) is 38.2 Å². The van der Waals surface area contributed by atoms with E-state index in [1.165, 1.54) is 17.7 Å². The third-order valence-corrected chi connectivity index (χ3v) is 6.32. The second-order valence-corrected chi connectivity index (χ2v) is 8.19. The average Bonchev–Trinajstić information content (AvgIpc) is 3.04. The number of amides is 1. The zero-order chi connectivity index (χ0) is 20.5. The SMILES string of the molecule is Cc1nn(Cc2ccc(F)cc2)c2c1CCN(C(=O)[C@H]1CC[C@@H](C(=O)O)CC1)C2. The number of rotatable bonds is 4. The fourth-order valence-electron chi connectivity index (χ4n) is 4.60. The minimum Gasteiger partial charge on any atom is -0.481 e. The first kappa shape index (κ1) is 19.6. The van der Waals surface area contributed by atoms with E-state index in [1.54, 1.807) is 12.1 Å². The molecule has 2 aromatic rings. The van der Waals surface area contributed by atoms with Crippen molar-refractivity contribution in [3.8, 4) is 0 Å². The maximum absolute atomic E-state index is 13.2. The summed E-state index contributed by atoms with van der Waals surface area (Å²) in [5.74, 6) is -1.28. The summed E-state index contributed by atoms with van der Waals surface area (Å²) >= 11 is 0. The second kappa shape index (κ2) is 7.97. The lowest BCUT2D eigenvalue weighted by atomic mass is 9.81. The van der Waals surface area contributed by atoms with Crippen LogP contribution < -0.4 is 0 Å². The first-order valence-electron chi connectivity index (χ1n) is 10.2. The van der Waals surface area contributed by atoms with Crippen LogP contribution in [0.4, 0.5) is 4.39 Å². The summed E-state index contributed by atoms with van der Waals surface area (Å²) in [5.41, 5.74) is 4.19. The largest absolute Gasteiger partial charge is 0.481 e. The van der Waals surface area contributed by atoms with Crippen LogP contribution >= 0.6 is 0 Å². The zero-order valence-electron chi connectivity index (χ0n) is 16.6. The Morgan fingerprint density at radius 3 is 2.45 bits per heavy atom. The monoisotopic (exact) mass is 399 g/mol. The molecule has 4 rings (SSSR count). The molecular weight excluding hydrogens is 373 g/mol. The van der Waals surface area contributed by atoms with Gasteiger partial charge in [-0.2, -0.15) is 5.10 Å². The zero-order valence-corrected chi connectivity index (χ0v) is 16.6. The van der Waals surface area contributed by atoms with Gasteiger partial charge in [-0.25, -0.2) is 4.39 Å². The van der Waals surface area contributed by atoms with Crippen LogP contribution in [0, 0.1) is 24.6 Å². The summed E-state index contributed by atoms with van der Waals surface area (Å²) in [6.45, 7) is 3.73. The van der Waals surface area contributed by atoms with Gasteiger partial charge in [0, 0.05) is 12.5 Å². The normalized spacial score (nSPS) is 21.7. The topological polar surface area (TPSA) is 75.4 Å². The van der Waals surface area contributed by atoms with Crippen LogP contribution in [0.25, 0.3) is 0 Å². The number of aliphatic carboxylic acids is 1. The first-order chi connectivity index (χ1) is 13.9. The Balaban J connectivity index is 1.47. The predicted molar refractivity (Wildman–Crippen MR) is 105 cm³/mol. The number of carboxylic acids is 1. The lowest BCUT2D eigenvalue weighted by Crippen LogP contribution is -2.41. The third kappa shape index (κ3) is 4.04. The Morgan fingerprint density at radius 1 is 1.14 bits per heavy atom. The molecule has 0 bridgehead atoms. The molecule has 0 spiro atoms. The van der Waals surface area contributed by atoms with Gasteiger partial charge in [0.15, 0.2) is 0 Å². The van der Waals surface area contributed by atoms with Gasteiger partial charge in [0.1, 0.15) is 5.82 Å². The summed E-state index contributed by atoms with van der Waals surface area (Å²) in [5, 5.41) is 13.8. The van der Waals surface area contributed by atoms with E-state index in [4.69, 9.17) is 5.11 Å². The number of hydrogen-bond acceptors (Lipinski definition) is 3. The summed E-state index contributed by atoms with van der Waals surface area (Å²) in [7, 11) is 0. The summed E-state index contributed by atoms with van der Waals surface area (Å²) in [4.78, 5) is 26.1. The van der Waals surface area contributed by atoms with Crippen LogP contribution in [0.5, 0.6) is 0 Å². The molecule has 0 unspecified atom stereocenters. The van der Waals surface area contributed by atoms with E-state index in [2.05, 4.69) is 5.10 Å². The highest BCUT2D eigenvalue weighted by atomic mass is 19.1. The van der Waals surface area contributed by atoms with E-state index in [9.17, 15) is 14.0 Å². The molecule has 1 aliphatic heterocycles. The Labute approximate surface area is 169 Å². The minimum atomic E-state index is -0.751. The molecule has 29 heavy (non-hydrogen) atoms. The molecule has 0 atom stereocenters. The number of aromatic nitrogens is 2. The number of benzene rings is 1. The highest BCUT2D eigenvalue weighted by molar-refractivity contribution is 5.79. The van der Waals surface area contributed by atoms with Crippen molar-refractivity contribution in [2.45, 2.75) is 52.1 Å². The van der Waals surface area contributed by atoms with Gasteiger partial charge in [-0.05, 0) is 62.3 Å². The van der Waals surface area contributed by atoms with E-state index >= 15 is 0 Å². The van der Waals surface area contributed by atoms with E-state index in [0.29, 0.717) is 45.3 Å². The summed E-state index contributed by atoms with van der Waals surface area (Å²) in [6.07, 6.45) is 3.22. The number of fused-ring (bicyclic) bond motifs is 1. The van der Waals surface area contributed by atoms with Crippen molar-refractivity contribution in [2.75, 3.05) is 6.54 Å². The van der Waals surface area contributed by atoms with Crippen molar-refractivity contribution in [2.24, 2.45) is 11.8 Å². The summed E-state index contributed by atoms with van der Waals surface area (Å²) < 4.78 is 15.1. The van der Waals surface area contributed by atoms with E-state index < -0.39 is 5.97 Å². The quantitative estimate of drug-likeness (QED) is 0.857. The van der Waals surface area contributed by atoms with Gasteiger partial charge in [-0.3, -0.25) is 14.3 Å². The van der Waals surface area contributed by atoms with Crippen LogP contribution in [0.3, 0.4) is 0 Å². The number of carboxylic acid groups (broad SMARTS) is 1. The molecule has 1 aliphatic carbocycles. The summed E-state index contributed by atoms with van der Waals surface area (Å²) in [6, 6.07) is 6.40. The van der Waals surface area contributed by atoms with E-state index in [-0.39, 0.29) is 23.6 Å². The number of hydrogen-bond donors (Lipinski definition) is 1. The highest BCUT2D eigenvalue weighted by Gasteiger charge is 2.34. The van der Waals surface area contributed by atoms with E-state index in [0.717, 1.165) is 23.4 Å². The van der Waals surface area contributed by atoms with Crippen LogP contribution in [-0.2, 0) is 29.1 Å². The molecular formula is C22H26FN3O3. The van der Waals surface area contributed by atoms with Crippen molar-refractivity contribution in [1.29, 1.82) is 0 Å². The molecule has 154 valence electrons. The van der Waals surface area contributed by atoms with Gasteiger partial charge in [-0.15, -0.1) is 0 Å². The molecule has 6 nitrogen and oxygen atoms in total. The molecule has 0 saturated heterocycles. The van der Waals surface area contributed by atoms with Gasteiger partial charge >= 0.3 is 5.97 Å². The number of halogens is 1. The molecule has 7 heteroatoms. The maximum Gasteiger partial charge on any atom is 0.306 e. The smallest absolute Gasteiger partial charge is 0.306 e. The second-order valence-electron chi connectivity index (χ2n) is 8.19. The third-order valence-electron chi connectivity index (χ3n) is 6.32. The lowest BCUT2D eigenvalue weighted by molar-refractivity contribution is -0.146. The molecule has 2 aliphatic rings. The Kier molecular flexibility index (Phi) is 5.39. The molecule has 1 aromatic heterocycles. The lowest BCUT2D eigenvalue weighted by Gasteiger charge is -2.33. The van der Waals surface area contributed by atoms with Gasteiger partial charge < -0.3 is 10.0 Å². The van der Waals surface area contributed by atoms with Crippen molar-refractivity contribution < 1.29 is 19.1 Å². The standard InChI is InChI=1S/C22H26FN3O3/c1-14-19-10-11-25(21(27)16-4-6-17(7-5-16)22(28)29)13-20(19)26(24-14)12-15-2-8-18(23)9-3-15/h2-3,8-9,16-17H,4-7,10-13H2,1H3,(H,28,29)/t16-,17+. The molecule has 0 radical (unpaired) electrons. The molecule has 2 heterocycles. The molecule has 1 N–H and O–H groups in total. The Morgan fingerprint density at radius 2 is 1.79 bits per heavy atom. The van der Waals surface area contributed by atoms with Gasteiger partial charge in [0.05, 0.1) is 30.4 Å².